The fraction of sp³-hybridized carbons (Fsp3) is 0.125. The third kappa shape index (κ3) is 6.72. The SMILES string of the molecule is COc1ccc(OCC(=O)N/N=C/c2ccc(OC(=O)c3ccccc3Cl)c(OC)c2)cc1. The predicted octanol–water partition coefficient (Wildman–Crippen LogP) is 4.11. The molecule has 170 valence electrons. The number of carbonyl (C=O) groups excluding carboxylic acids is 2. The molecule has 0 saturated heterocycles. The summed E-state index contributed by atoms with van der Waals surface area (Å²) in [4.78, 5) is 24.3. The Morgan fingerprint density at radius 1 is 0.939 bits per heavy atom. The molecule has 1 amide bonds. The molecule has 0 fully saturated rings. The first-order valence-electron chi connectivity index (χ1n) is 9.73. The van der Waals surface area contributed by atoms with Crippen molar-refractivity contribution in [1.82, 2.24) is 5.43 Å². The maximum atomic E-state index is 12.4. The first-order chi connectivity index (χ1) is 16.0. The summed E-state index contributed by atoms with van der Waals surface area (Å²) in [7, 11) is 3.01. The van der Waals surface area contributed by atoms with Gasteiger partial charge in [-0.1, -0.05) is 23.7 Å². The van der Waals surface area contributed by atoms with E-state index in [4.69, 9.17) is 30.5 Å². The lowest BCUT2D eigenvalue weighted by Gasteiger charge is -2.10. The Morgan fingerprint density at radius 2 is 1.67 bits per heavy atom. The van der Waals surface area contributed by atoms with E-state index in [0.717, 1.165) is 0 Å². The number of hydrazone groups is 1. The molecule has 9 heteroatoms. The molecule has 0 aromatic heterocycles. The largest absolute Gasteiger partial charge is 0.497 e. The zero-order valence-electron chi connectivity index (χ0n) is 17.9. The molecular formula is C24H21ClN2O6. The van der Waals surface area contributed by atoms with Gasteiger partial charge in [0.15, 0.2) is 18.1 Å². The molecule has 0 aliphatic rings. The van der Waals surface area contributed by atoms with Gasteiger partial charge in [-0.2, -0.15) is 5.10 Å². The molecule has 3 aromatic carbocycles. The molecular weight excluding hydrogens is 448 g/mol. The van der Waals surface area contributed by atoms with Crippen molar-refractivity contribution in [2.45, 2.75) is 0 Å². The van der Waals surface area contributed by atoms with Crippen molar-refractivity contribution in [3.05, 3.63) is 82.9 Å². The Morgan fingerprint density at radius 3 is 2.36 bits per heavy atom. The van der Waals surface area contributed by atoms with Crippen LogP contribution in [0.2, 0.25) is 5.02 Å². The highest BCUT2D eigenvalue weighted by Crippen LogP contribution is 2.29. The first kappa shape index (κ1) is 23.6. The quantitative estimate of drug-likeness (QED) is 0.220. The van der Waals surface area contributed by atoms with Gasteiger partial charge < -0.3 is 18.9 Å². The molecule has 0 aliphatic carbocycles. The number of methoxy groups -OCH3 is 2. The predicted molar refractivity (Wildman–Crippen MR) is 124 cm³/mol. The van der Waals surface area contributed by atoms with Crippen molar-refractivity contribution in [2.75, 3.05) is 20.8 Å². The van der Waals surface area contributed by atoms with Crippen LogP contribution < -0.4 is 24.4 Å². The molecule has 0 saturated carbocycles. The van der Waals surface area contributed by atoms with Gasteiger partial charge in [0.1, 0.15) is 11.5 Å². The van der Waals surface area contributed by atoms with Crippen LogP contribution in [0, 0.1) is 0 Å². The van der Waals surface area contributed by atoms with Gasteiger partial charge in [0.2, 0.25) is 0 Å². The average Bonchev–Trinajstić information content (AvgIpc) is 2.84. The molecule has 33 heavy (non-hydrogen) atoms. The fourth-order valence-corrected chi connectivity index (χ4v) is 2.88. The summed E-state index contributed by atoms with van der Waals surface area (Å²) in [6, 6.07) is 18.3. The van der Waals surface area contributed by atoms with Crippen LogP contribution in [0.25, 0.3) is 0 Å². The summed E-state index contributed by atoms with van der Waals surface area (Å²) < 4.78 is 21.1. The number of rotatable bonds is 9. The molecule has 0 radical (unpaired) electrons. The van der Waals surface area contributed by atoms with Crippen LogP contribution >= 0.6 is 11.6 Å². The maximum absolute atomic E-state index is 12.4. The van der Waals surface area contributed by atoms with Crippen molar-refractivity contribution >= 4 is 29.7 Å². The molecule has 0 heterocycles. The van der Waals surface area contributed by atoms with E-state index in [9.17, 15) is 9.59 Å². The van der Waals surface area contributed by atoms with Gasteiger partial charge in [0, 0.05) is 0 Å². The van der Waals surface area contributed by atoms with Crippen molar-refractivity contribution in [2.24, 2.45) is 5.10 Å². The lowest BCUT2D eigenvalue weighted by molar-refractivity contribution is -0.123. The number of carbonyl (C=O) groups is 2. The number of nitrogens with zero attached hydrogens (tertiary/aromatic N) is 1. The third-order valence-electron chi connectivity index (χ3n) is 4.32. The minimum Gasteiger partial charge on any atom is -0.497 e. The molecule has 3 rings (SSSR count). The van der Waals surface area contributed by atoms with E-state index in [1.165, 1.54) is 13.3 Å². The zero-order valence-corrected chi connectivity index (χ0v) is 18.7. The number of nitrogens with one attached hydrogen (secondary N) is 1. The average molecular weight is 469 g/mol. The molecule has 0 atom stereocenters. The minimum atomic E-state index is -0.607. The number of benzene rings is 3. The molecule has 0 aliphatic heterocycles. The summed E-state index contributed by atoms with van der Waals surface area (Å²) >= 11 is 6.04. The van der Waals surface area contributed by atoms with Gasteiger partial charge in [-0.05, 0) is 60.2 Å². The van der Waals surface area contributed by atoms with Crippen LogP contribution in [0.5, 0.6) is 23.0 Å². The fourth-order valence-electron chi connectivity index (χ4n) is 2.66. The standard InChI is InChI=1S/C24H21ClN2O6/c1-30-17-8-10-18(11-9-17)32-15-23(28)27-26-14-16-7-12-21(22(13-16)31-2)33-24(29)19-5-3-4-6-20(19)25/h3-14H,15H2,1-2H3,(H,27,28)/b26-14+. The monoisotopic (exact) mass is 468 g/mol. The third-order valence-corrected chi connectivity index (χ3v) is 4.65. The van der Waals surface area contributed by atoms with Crippen molar-refractivity contribution in [3.8, 4) is 23.0 Å². The van der Waals surface area contributed by atoms with E-state index in [1.54, 1.807) is 73.8 Å². The summed E-state index contributed by atoms with van der Waals surface area (Å²) in [5.74, 6) is 0.715. The first-order valence-corrected chi connectivity index (χ1v) is 10.1. The number of esters is 1. The lowest BCUT2D eigenvalue weighted by Crippen LogP contribution is -2.24. The second kappa shape index (κ2) is 11.5. The van der Waals surface area contributed by atoms with Crippen molar-refractivity contribution < 1.29 is 28.5 Å². The Balaban J connectivity index is 1.55. The maximum Gasteiger partial charge on any atom is 0.345 e. The van der Waals surface area contributed by atoms with E-state index in [-0.39, 0.29) is 22.9 Å². The molecule has 0 unspecified atom stereocenters. The number of hydrogen-bond donors (Lipinski definition) is 1. The van der Waals surface area contributed by atoms with E-state index >= 15 is 0 Å². The highest BCUT2D eigenvalue weighted by atomic mass is 35.5. The Bertz CT molecular complexity index is 1150. The number of halogens is 1. The van der Waals surface area contributed by atoms with Crippen LogP contribution in [0.4, 0.5) is 0 Å². The summed E-state index contributed by atoms with van der Waals surface area (Å²) in [5, 5.41) is 4.19. The highest BCUT2D eigenvalue weighted by molar-refractivity contribution is 6.33. The Labute approximate surface area is 195 Å². The Hall–Kier alpha value is -4.04. The summed E-state index contributed by atoms with van der Waals surface area (Å²) in [6.45, 7) is -0.204. The molecule has 8 nitrogen and oxygen atoms in total. The molecule has 3 aromatic rings. The summed E-state index contributed by atoms with van der Waals surface area (Å²) in [5.41, 5.74) is 3.23. The Kier molecular flexibility index (Phi) is 8.26. The van der Waals surface area contributed by atoms with Crippen molar-refractivity contribution in [3.63, 3.8) is 0 Å². The van der Waals surface area contributed by atoms with Crippen LogP contribution in [-0.4, -0.2) is 38.9 Å². The second-order valence-electron chi connectivity index (χ2n) is 6.54. The van der Waals surface area contributed by atoms with Crippen LogP contribution in [0.1, 0.15) is 15.9 Å². The number of ether oxygens (including phenoxy) is 4. The smallest absolute Gasteiger partial charge is 0.345 e. The van der Waals surface area contributed by atoms with E-state index in [1.807, 2.05) is 0 Å². The normalized spacial score (nSPS) is 10.5. The minimum absolute atomic E-state index is 0.204. The topological polar surface area (TPSA) is 95.5 Å². The van der Waals surface area contributed by atoms with Gasteiger partial charge in [0.25, 0.3) is 5.91 Å². The zero-order chi connectivity index (χ0) is 23.6. The summed E-state index contributed by atoms with van der Waals surface area (Å²) in [6.07, 6.45) is 1.42. The highest BCUT2D eigenvalue weighted by Gasteiger charge is 2.15. The van der Waals surface area contributed by atoms with Crippen LogP contribution in [-0.2, 0) is 4.79 Å². The van der Waals surface area contributed by atoms with E-state index in [2.05, 4.69) is 10.5 Å². The lowest BCUT2D eigenvalue weighted by atomic mass is 10.2. The number of hydrogen-bond acceptors (Lipinski definition) is 7. The second-order valence-corrected chi connectivity index (χ2v) is 6.94. The van der Waals surface area contributed by atoms with Crippen LogP contribution in [0.3, 0.4) is 0 Å². The van der Waals surface area contributed by atoms with Gasteiger partial charge in [-0.15, -0.1) is 0 Å². The van der Waals surface area contributed by atoms with Crippen LogP contribution in [0.15, 0.2) is 71.8 Å². The van der Waals surface area contributed by atoms with Gasteiger partial charge in [-0.3, -0.25) is 4.79 Å². The van der Waals surface area contributed by atoms with Gasteiger partial charge >= 0.3 is 5.97 Å². The van der Waals surface area contributed by atoms with Gasteiger partial charge in [-0.25, -0.2) is 10.2 Å². The van der Waals surface area contributed by atoms with E-state index in [0.29, 0.717) is 22.8 Å². The van der Waals surface area contributed by atoms with E-state index < -0.39 is 11.9 Å². The van der Waals surface area contributed by atoms with Crippen molar-refractivity contribution in [1.29, 1.82) is 0 Å². The molecule has 0 spiro atoms. The van der Waals surface area contributed by atoms with Gasteiger partial charge in [0.05, 0.1) is 31.0 Å². The molecule has 1 N–H and O–H groups in total. The number of amides is 1. The molecule has 0 bridgehead atoms.